The number of carboxylic acid groups (broad SMARTS) is 1. The summed E-state index contributed by atoms with van der Waals surface area (Å²) in [6, 6.07) is 12.9. The minimum Gasteiger partial charge on any atom is -0.487 e. The lowest BCUT2D eigenvalue weighted by Gasteiger charge is -2.32. The van der Waals surface area contributed by atoms with Crippen LogP contribution in [0.5, 0.6) is 0 Å². The molecule has 2 aromatic carbocycles. The van der Waals surface area contributed by atoms with E-state index in [4.69, 9.17) is 9.47 Å². The van der Waals surface area contributed by atoms with Gasteiger partial charge in [0.25, 0.3) is 5.91 Å². The van der Waals surface area contributed by atoms with Crippen molar-refractivity contribution in [1.82, 2.24) is 4.90 Å². The first-order chi connectivity index (χ1) is 14.1. The van der Waals surface area contributed by atoms with Gasteiger partial charge in [-0.1, -0.05) is 36.4 Å². The Morgan fingerprint density at radius 1 is 1.21 bits per heavy atom. The number of ether oxygens (including phenoxy) is 2. The SMILES string of the molecule is O=C1Nc2ccccc2C1=C1OCc2cc(CN3CCOCC3C(=O)O)ccc21. The second kappa shape index (κ2) is 7.02. The van der Waals surface area contributed by atoms with Crippen LogP contribution in [0.2, 0.25) is 0 Å². The molecule has 7 heteroatoms. The third kappa shape index (κ3) is 3.08. The number of hydrogen-bond acceptors (Lipinski definition) is 5. The molecule has 0 radical (unpaired) electrons. The number of hydrogen-bond donors (Lipinski definition) is 2. The monoisotopic (exact) mass is 392 g/mol. The summed E-state index contributed by atoms with van der Waals surface area (Å²) in [4.78, 5) is 25.9. The van der Waals surface area contributed by atoms with Crippen LogP contribution in [0.15, 0.2) is 42.5 Å². The number of morpholine rings is 1. The summed E-state index contributed by atoms with van der Waals surface area (Å²) in [6.07, 6.45) is 0. The van der Waals surface area contributed by atoms with Crippen molar-refractivity contribution in [2.75, 3.05) is 25.1 Å². The molecule has 0 spiro atoms. The van der Waals surface area contributed by atoms with E-state index in [9.17, 15) is 14.7 Å². The van der Waals surface area contributed by atoms with E-state index in [-0.39, 0.29) is 12.5 Å². The van der Waals surface area contributed by atoms with Gasteiger partial charge in [0.15, 0.2) is 0 Å². The van der Waals surface area contributed by atoms with E-state index in [0.717, 1.165) is 27.9 Å². The fourth-order valence-electron chi connectivity index (χ4n) is 4.15. The van der Waals surface area contributed by atoms with Crippen molar-refractivity contribution < 1.29 is 24.2 Å². The molecule has 3 aliphatic heterocycles. The Bertz CT molecular complexity index is 1050. The van der Waals surface area contributed by atoms with Gasteiger partial charge >= 0.3 is 5.97 Å². The van der Waals surface area contributed by atoms with Crippen LogP contribution in [0.3, 0.4) is 0 Å². The van der Waals surface area contributed by atoms with Crippen molar-refractivity contribution in [1.29, 1.82) is 0 Å². The molecule has 2 aromatic rings. The molecule has 0 saturated carbocycles. The van der Waals surface area contributed by atoms with Gasteiger partial charge in [0.05, 0.1) is 18.8 Å². The predicted molar refractivity (Wildman–Crippen MR) is 106 cm³/mol. The van der Waals surface area contributed by atoms with Crippen molar-refractivity contribution >= 4 is 28.9 Å². The van der Waals surface area contributed by atoms with Gasteiger partial charge in [-0.05, 0) is 11.6 Å². The minimum atomic E-state index is -0.868. The number of para-hydroxylation sites is 1. The van der Waals surface area contributed by atoms with E-state index >= 15 is 0 Å². The number of aliphatic carboxylic acids is 1. The molecule has 1 fully saturated rings. The molecule has 0 bridgehead atoms. The molecule has 5 rings (SSSR count). The lowest BCUT2D eigenvalue weighted by atomic mass is 9.99. The molecule has 29 heavy (non-hydrogen) atoms. The van der Waals surface area contributed by atoms with Crippen LogP contribution in [0.4, 0.5) is 5.69 Å². The standard InChI is InChI=1S/C22H20N2O5/c25-21-19(16-3-1-2-4-17(16)23-21)20-15-6-5-13(9-14(15)11-29-20)10-24-7-8-28-12-18(24)22(26)27/h1-6,9,18H,7-8,10-12H2,(H,23,25)(H,26,27). The lowest BCUT2D eigenvalue weighted by molar-refractivity contribution is -0.150. The van der Waals surface area contributed by atoms with E-state index in [0.29, 0.717) is 37.6 Å². The topological polar surface area (TPSA) is 88.1 Å². The zero-order valence-corrected chi connectivity index (χ0v) is 15.7. The average molecular weight is 392 g/mol. The number of anilines is 1. The highest BCUT2D eigenvalue weighted by Crippen LogP contribution is 2.41. The molecule has 3 aliphatic rings. The molecule has 0 aromatic heterocycles. The maximum absolute atomic E-state index is 12.5. The Morgan fingerprint density at radius 3 is 2.93 bits per heavy atom. The van der Waals surface area contributed by atoms with Gasteiger partial charge < -0.3 is 19.9 Å². The van der Waals surface area contributed by atoms with Crippen molar-refractivity contribution in [2.24, 2.45) is 0 Å². The fraction of sp³-hybridized carbons (Fsp3) is 0.273. The third-order valence-electron chi connectivity index (χ3n) is 5.60. The first-order valence-corrected chi connectivity index (χ1v) is 9.56. The Morgan fingerprint density at radius 2 is 2.07 bits per heavy atom. The van der Waals surface area contributed by atoms with E-state index < -0.39 is 12.0 Å². The summed E-state index contributed by atoms with van der Waals surface area (Å²) in [5, 5.41) is 12.3. The fourth-order valence-corrected chi connectivity index (χ4v) is 4.15. The molecule has 148 valence electrons. The maximum atomic E-state index is 12.5. The second-order valence-electron chi connectivity index (χ2n) is 7.38. The van der Waals surface area contributed by atoms with Crippen molar-refractivity contribution in [2.45, 2.75) is 19.2 Å². The van der Waals surface area contributed by atoms with Gasteiger partial charge in [-0.2, -0.15) is 0 Å². The Hall–Kier alpha value is -3.16. The zero-order chi connectivity index (χ0) is 20.0. The summed E-state index contributed by atoms with van der Waals surface area (Å²) in [6.45, 7) is 2.24. The number of amides is 1. The second-order valence-corrected chi connectivity index (χ2v) is 7.38. The largest absolute Gasteiger partial charge is 0.487 e. The van der Waals surface area contributed by atoms with E-state index in [1.807, 2.05) is 47.4 Å². The number of rotatable bonds is 3. The maximum Gasteiger partial charge on any atom is 0.323 e. The summed E-state index contributed by atoms with van der Waals surface area (Å²) >= 11 is 0. The van der Waals surface area contributed by atoms with Crippen LogP contribution in [0.25, 0.3) is 11.3 Å². The molecule has 1 unspecified atom stereocenters. The number of carboxylic acids is 1. The first-order valence-electron chi connectivity index (χ1n) is 9.56. The molecule has 7 nitrogen and oxygen atoms in total. The highest BCUT2D eigenvalue weighted by atomic mass is 16.5. The van der Waals surface area contributed by atoms with Gasteiger partial charge in [0.2, 0.25) is 0 Å². The Kier molecular flexibility index (Phi) is 4.34. The normalized spacial score (nSPS) is 23.3. The molecule has 2 N–H and O–H groups in total. The number of nitrogens with one attached hydrogen (secondary N) is 1. The van der Waals surface area contributed by atoms with Crippen LogP contribution in [0.1, 0.15) is 22.3 Å². The highest BCUT2D eigenvalue weighted by molar-refractivity contribution is 6.36. The minimum absolute atomic E-state index is 0.157. The molecule has 1 atom stereocenters. The summed E-state index contributed by atoms with van der Waals surface area (Å²) in [5.41, 5.74) is 5.13. The predicted octanol–water partition coefficient (Wildman–Crippen LogP) is 2.32. The third-order valence-corrected chi connectivity index (χ3v) is 5.60. The highest BCUT2D eigenvalue weighted by Gasteiger charge is 2.33. The molecule has 0 aliphatic carbocycles. The summed E-state index contributed by atoms with van der Waals surface area (Å²) in [5.74, 6) is -0.424. The molecule has 3 heterocycles. The average Bonchev–Trinajstić information content (AvgIpc) is 3.27. The van der Waals surface area contributed by atoms with Gasteiger partial charge in [-0.15, -0.1) is 0 Å². The van der Waals surface area contributed by atoms with E-state index in [1.165, 1.54) is 0 Å². The smallest absolute Gasteiger partial charge is 0.323 e. The van der Waals surface area contributed by atoms with Crippen LogP contribution in [-0.2, 0) is 32.2 Å². The molecular formula is C22H20N2O5. The van der Waals surface area contributed by atoms with Crippen molar-refractivity contribution in [3.8, 4) is 0 Å². The first kappa shape index (κ1) is 17.9. The van der Waals surface area contributed by atoms with Crippen molar-refractivity contribution in [3.63, 3.8) is 0 Å². The molecular weight excluding hydrogens is 372 g/mol. The van der Waals surface area contributed by atoms with Crippen LogP contribution in [0, 0.1) is 0 Å². The summed E-state index contributed by atoms with van der Waals surface area (Å²) < 4.78 is 11.2. The van der Waals surface area contributed by atoms with Crippen LogP contribution in [-0.4, -0.2) is 47.7 Å². The van der Waals surface area contributed by atoms with E-state index in [1.54, 1.807) is 0 Å². The molecule has 1 amide bonds. The van der Waals surface area contributed by atoms with Crippen LogP contribution >= 0.6 is 0 Å². The molecule has 1 saturated heterocycles. The van der Waals surface area contributed by atoms with Gasteiger partial charge in [-0.25, -0.2) is 0 Å². The quantitative estimate of drug-likeness (QED) is 0.780. The van der Waals surface area contributed by atoms with Crippen molar-refractivity contribution in [3.05, 3.63) is 64.7 Å². The van der Waals surface area contributed by atoms with Gasteiger partial charge in [0.1, 0.15) is 18.4 Å². The van der Waals surface area contributed by atoms with Gasteiger partial charge in [0, 0.05) is 35.5 Å². The van der Waals surface area contributed by atoms with Gasteiger partial charge in [-0.3, -0.25) is 14.5 Å². The van der Waals surface area contributed by atoms with E-state index in [2.05, 4.69) is 5.32 Å². The number of carbonyl (C=O) groups excluding carboxylic acids is 1. The number of benzene rings is 2. The summed E-state index contributed by atoms with van der Waals surface area (Å²) in [7, 11) is 0. The Labute approximate surface area is 167 Å². The number of carbonyl (C=O) groups is 2. The number of nitrogens with zero attached hydrogens (tertiary/aromatic N) is 1. The number of fused-ring (bicyclic) bond motifs is 2. The lowest BCUT2D eigenvalue weighted by Crippen LogP contribution is -2.49. The Balaban J connectivity index is 1.45. The van der Waals surface area contributed by atoms with Crippen LogP contribution < -0.4 is 5.32 Å². The zero-order valence-electron chi connectivity index (χ0n) is 15.7.